The average Bonchev–Trinajstić information content (AvgIpc) is 3.28. The van der Waals surface area contributed by atoms with Gasteiger partial charge in [-0.3, -0.25) is 4.79 Å². The van der Waals surface area contributed by atoms with E-state index in [0.717, 1.165) is 28.2 Å². The lowest BCUT2D eigenvalue weighted by molar-refractivity contribution is -0.139. The molecule has 1 saturated carbocycles. The van der Waals surface area contributed by atoms with Crippen LogP contribution in [-0.2, 0) is 16.8 Å². The number of hydrogen-bond acceptors (Lipinski definition) is 6. The van der Waals surface area contributed by atoms with Crippen molar-refractivity contribution in [3.05, 3.63) is 82.7 Å². The first kappa shape index (κ1) is 25.3. The average molecular weight is 517 g/mol. The van der Waals surface area contributed by atoms with Gasteiger partial charge in [0, 0.05) is 33.7 Å². The zero-order chi connectivity index (χ0) is 26.0. The van der Waals surface area contributed by atoms with E-state index in [4.69, 9.17) is 20.9 Å². The van der Waals surface area contributed by atoms with Crippen LogP contribution in [0, 0.1) is 6.92 Å². The molecule has 0 aliphatic heterocycles. The van der Waals surface area contributed by atoms with Gasteiger partial charge in [0.15, 0.2) is 0 Å². The van der Waals surface area contributed by atoms with E-state index in [1.54, 1.807) is 11.3 Å². The number of fused-ring (bicyclic) bond motifs is 1. The number of carbonyl (C=O) groups is 1. The zero-order valence-corrected chi connectivity index (χ0v) is 21.7. The number of thiophene rings is 1. The van der Waals surface area contributed by atoms with Gasteiger partial charge < -0.3 is 26.0 Å². The predicted molar refractivity (Wildman–Crippen MR) is 148 cm³/mol. The maximum atomic E-state index is 11.4. The van der Waals surface area contributed by atoms with Crippen LogP contribution in [0.5, 0.6) is 11.5 Å². The lowest BCUT2D eigenvalue weighted by atomic mass is 9.60. The first-order chi connectivity index (χ1) is 17.9. The van der Waals surface area contributed by atoms with Crippen LogP contribution in [0.15, 0.2) is 66.0 Å². The van der Waals surface area contributed by atoms with Gasteiger partial charge in [-0.2, -0.15) is 0 Å². The van der Waals surface area contributed by atoms with Gasteiger partial charge in [-0.25, -0.2) is 0 Å². The first-order valence-corrected chi connectivity index (χ1v) is 13.4. The second-order valence-corrected chi connectivity index (χ2v) is 10.8. The highest BCUT2D eigenvalue weighted by Gasteiger charge is 2.45. The number of carboxylic acids is 1. The fraction of sp³-hybridized carbons (Fsp3) is 0.300. The number of hydrogen-bond donors (Lipinski definition) is 3. The Balaban J connectivity index is 1.31. The summed E-state index contributed by atoms with van der Waals surface area (Å²) in [5, 5.41) is 12.8. The summed E-state index contributed by atoms with van der Waals surface area (Å²) in [6.07, 6.45) is 1.50. The molecule has 6 nitrogen and oxygen atoms in total. The molecule has 3 aromatic carbocycles. The monoisotopic (exact) mass is 516 g/mol. The summed E-state index contributed by atoms with van der Waals surface area (Å²) in [5.74, 6) is 0.800. The van der Waals surface area contributed by atoms with Gasteiger partial charge in [-0.1, -0.05) is 24.3 Å². The van der Waals surface area contributed by atoms with Crippen LogP contribution in [0.3, 0.4) is 0 Å². The fourth-order valence-electron chi connectivity index (χ4n) is 5.37. The molecule has 1 aliphatic carbocycles. The van der Waals surface area contributed by atoms with Crippen LogP contribution in [-0.4, -0.2) is 30.3 Å². The third kappa shape index (κ3) is 5.34. The van der Waals surface area contributed by atoms with Gasteiger partial charge >= 0.3 is 5.97 Å². The summed E-state index contributed by atoms with van der Waals surface area (Å²) in [5.41, 5.74) is 16.8. The minimum Gasteiger partial charge on any atom is -0.492 e. The first-order valence-electron chi connectivity index (χ1n) is 12.5. The Kier molecular flexibility index (Phi) is 7.20. The van der Waals surface area contributed by atoms with Crippen LogP contribution in [0.1, 0.15) is 36.0 Å². The molecule has 0 spiro atoms. The number of aliphatic carboxylic acids is 1. The molecule has 7 heteroatoms. The Hall–Kier alpha value is -3.39. The lowest BCUT2D eigenvalue weighted by Gasteiger charge is -2.46. The number of carboxylic acid groups (broad SMARTS) is 1. The smallest absolute Gasteiger partial charge is 0.304 e. The summed E-state index contributed by atoms with van der Waals surface area (Å²) in [6.45, 7) is 3.54. The van der Waals surface area contributed by atoms with Crippen LogP contribution < -0.4 is 20.9 Å². The largest absolute Gasteiger partial charge is 0.492 e. The van der Waals surface area contributed by atoms with Gasteiger partial charge in [-0.15, -0.1) is 11.3 Å². The van der Waals surface area contributed by atoms with Crippen molar-refractivity contribution in [1.82, 2.24) is 0 Å². The maximum absolute atomic E-state index is 11.4. The fourth-order valence-corrected chi connectivity index (χ4v) is 6.31. The van der Waals surface area contributed by atoms with Gasteiger partial charge in [-0.05, 0) is 83.8 Å². The molecule has 5 N–H and O–H groups in total. The van der Waals surface area contributed by atoms with Gasteiger partial charge in [0.1, 0.15) is 24.7 Å². The third-order valence-corrected chi connectivity index (χ3v) is 8.14. The van der Waals surface area contributed by atoms with Crippen LogP contribution in [0.25, 0.3) is 21.2 Å². The molecule has 1 fully saturated rings. The van der Waals surface area contributed by atoms with Crippen molar-refractivity contribution in [2.45, 2.75) is 44.2 Å². The van der Waals surface area contributed by atoms with Crippen LogP contribution in [0.4, 0.5) is 0 Å². The number of nitrogens with two attached hydrogens (primary N) is 2. The van der Waals surface area contributed by atoms with E-state index in [1.165, 1.54) is 21.2 Å². The summed E-state index contributed by atoms with van der Waals surface area (Å²) in [7, 11) is 0. The molecule has 1 aliphatic rings. The van der Waals surface area contributed by atoms with Crippen molar-refractivity contribution in [3.8, 4) is 22.6 Å². The standard InChI is InChI=1S/C30H32N2O4S/c1-19-12-24(35-11-10-31)7-8-25(19)27-18-37-28-9-2-20(13-26(27)28)17-36-23-5-3-21(4-6-23)30(16-29(33)34)14-22(32)15-30/h2-9,12-13,18,22H,10-11,14-17,31-32H2,1H3,(H,33,34). The van der Waals surface area contributed by atoms with Crippen LogP contribution in [0.2, 0.25) is 0 Å². The van der Waals surface area contributed by atoms with E-state index >= 15 is 0 Å². The second kappa shape index (κ2) is 10.5. The van der Waals surface area contributed by atoms with E-state index in [0.29, 0.717) is 32.6 Å². The molecule has 37 heavy (non-hydrogen) atoms. The van der Waals surface area contributed by atoms with Crippen molar-refractivity contribution in [3.63, 3.8) is 0 Å². The Morgan fingerprint density at radius 2 is 1.78 bits per heavy atom. The minimum absolute atomic E-state index is 0.0680. The molecule has 0 bridgehead atoms. The quantitative estimate of drug-likeness (QED) is 0.252. The molecule has 1 aromatic heterocycles. The van der Waals surface area contributed by atoms with E-state index in [9.17, 15) is 9.90 Å². The Morgan fingerprint density at radius 3 is 2.46 bits per heavy atom. The lowest BCUT2D eigenvalue weighted by Crippen LogP contribution is -2.50. The van der Waals surface area contributed by atoms with Gasteiger partial charge in [0.2, 0.25) is 0 Å². The summed E-state index contributed by atoms with van der Waals surface area (Å²) in [4.78, 5) is 11.4. The SMILES string of the molecule is Cc1cc(OCCN)ccc1-c1csc2ccc(COc3ccc(C4(CC(=O)O)CC(N)C4)cc3)cc12. The van der Waals surface area contributed by atoms with Crippen molar-refractivity contribution in [1.29, 1.82) is 0 Å². The van der Waals surface area contributed by atoms with Gasteiger partial charge in [0.05, 0.1) is 6.42 Å². The van der Waals surface area contributed by atoms with E-state index in [1.807, 2.05) is 30.3 Å². The predicted octanol–water partition coefficient (Wildman–Crippen LogP) is 5.63. The molecule has 0 radical (unpaired) electrons. The molecular formula is C30H32N2O4S. The molecule has 0 atom stereocenters. The van der Waals surface area contributed by atoms with Crippen molar-refractivity contribution >= 4 is 27.4 Å². The summed E-state index contributed by atoms with van der Waals surface area (Å²) < 4.78 is 13.0. The van der Waals surface area contributed by atoms with Crippen molar-refractivity contribution < 1.29 is 19.4 Å². The Bertz CT molecular complexity index is 1410. The molecule has 0 unspecified atom stereocenters. The topological polar surface area (TPSA) is 108 Å². The molecular weight excluding hydrogens is 484 g/mol. The summed E-state index contributed by atoms with van der Waals surface area (Å²) in [6, 6.07) is 20.5. The molecule has 4 aromatic rings. The highest BCUT2D eigenvalue weighted by atomic mass is 32.1. The molecule has 192 valence electrons. The normalized spacial score (nSPS) is 18.9. The van der Waals surface area contributed by atoms with Gasteiger partial charge in [0.25, 0.3) is 0 Å². The minimum atomic E-state index is -0.790. The number of benzene rings is 3. The zero-order valence-electron chi connectivity index (χ0n) is 20.9. The molecule has 1 heterocycles. The third-order valence-electron chi connectivity index (χ3n) is 7.18. The number of ether oxygens (including phenoxy) is 2. The highest BCUT2D eigenvalue weighted by Crippen LogP contribution is 2.46. The van der Waals surface area contributed by atoms with E-state index < -0.39 is 5.97 Å². The van der Waals surface area contributed by atoms with Crippen molar-refractivity contribution in [2.75, 3.05) is 13.2 Å². The molecule has 0 saturated heterocycles. The van der Waals surface area contributed by atoms with Crippen LogP contribution >= 0.6 is 11.3 Å². The Morgan fingerprint density at radius 1 is 1.03 bits per heavy atom. The van der Waals surface area contributed by atoms with Crippen molar-refractivity contribution in [2.24, 2.45) is 11.5 Å². The maximum Gasteiger partial charge on any atom is 0.304 e. The van der Waals surface area contributed by atoms with E-state index in [2.05, 4.69) is 42.6 Å². The Labute approximate surface area is 220 Å². The van der Waals surface area contributed by atoms with E-state index in [-0.39, 0.29) is 17.9 Å². The molecule has 5 rings (SSSR count). The second-order valence-electron chi connectivity index (χ2n) is 9.93. The molecule has 0 amide bonds. The summed E-state index contributed by atoms with van der Waals surface area (Å²) >= 11 is 1.74. The number of aryl methyl sites for hydroxylation is 1. The number of rotatable bonds is 10. The highest BCUT2D eigenvalue weighted by molar-refractivity contribution is 7.17.